The molecule has 1 saturated heterocycles. The molecular formula is C18H30N4O2S. The zero-order valence-electron chi connectivity index (χ0n) is 15.3. The van der Waals surface area contributed by atoms with Crippen molar-refractivity contribution in [2.75, 3.05) is 45.8 Å². The van der Waals surface area contributed by atoms with Crippen LogP contribution in [0.2, 0.25) is 0 Å². The fourth-order valence-corrected chi connectivity index (χ4v) is 3.62. The minimum Gasteiger partial charge on any atom is -0.355 e. The highest BCUT2D eigenvalue weighted by Gasteiger charge is 2.26. The van der Waals surface area contributed by atoms with E-state index in [1.54, 1.807) is 11.3 Å². The second-order valence-electron chi connectivity index (χ2n) is 6.46. The molecule has 0 aliphatic carbocycles. The Hall–Kier alpha value is -1.44. The quantitative estimate of drug-likeness (QED) is 0.683. The average Bonchev–Trinajstić information content (AvgIpc) is 3.13. The Labute approximate surface area is 154 Å². The molecule has 0 spiro atoms. The maximum atomic E-state index is 12.3. The summed E-state index contributed by atoms with van der Waals surface area (Å²) in [5, 5.41) is 8.00. The Balaban J connectivity index is 1.65. The Kier molecular flexibility index (Phi) is 8.37. The number of amides is 2. The van der Waals surface area contributed by atoms with Gasteiger partial charge in [-0.1, -0.05) is 13.0 Å². The number of carbonyl (C=O) groups is 2. The fraction of sp³-hybridized carbons (Fsp3) is 0.667. The summed E-state index contributed by atoms with van der Waals surface area (Å²) >= 11 is 1.72. The van der Waals surface area contributed by atoms with Crippen LogP contribution in [0.4, 0.5) is 0 Å². The van der Waals surface area contributed by atoms with Gasteiger partial charge in [0.25, 0.3) is 0 Å². The van der Waals surface area contributed by atoms with E-state index in [2.05, 4.69) is 31.9 Å². The molecule has 0 radical (unpaired) electrons. The number of thiophene rings is 1. The van der Waals surface area contributed by atoms with Crippen LogP contribution in [0, 0.1) is 0 Å². The van der Waals surface area contributed by atoms with Crippen LogP contribution in [0.3, 0.4) is 0 Å². The molecule has 1 fully saturated rings. The molecule has 1 aromatic heterocycles. The largest absolute Gasteiger partial charge is 0.355 e. The lowest BCUT2D eigenvalue weighted by Gasteiger charge is -2.37. The molecule has 1 aliphatic heterocycles. The van der Waals surface area contributed by atoms with Gasteiger partial charge in [-0.25, -0.2) is 0 Å². The second-order valence-corrected chi connectivity index (χ2v) is 7.49. The summed E-state index contributed by atoms with van der Waals surface area (Å²) in [5.41, 5.74) is 0. The van der Waals surface area contributed by atoms with Gasteiger partial charge in [-0.3, -0.25) is 19.4 Å². The molecule has 1 atom stereocenters. The van der Waals surface area contributed by atoms with Crippen molar-refractivity contribution < 1.29 is 9.59 Å². The van der Waals surface area contributed by atoms with Crippen LogP contribution in [0.25, 0.3) is 0 Å². The van der Waals surface area contributed by atoms with E-state index in [9.17, 15) is 9.59 Å². The molecule has 0 aromatic carbocycles. The normalized spacial score (nSPS) is 17.2. The third-order valence-electron chi connectivity index (χ3n) is 4.52. The van der Waals surface area contributed by atoms with Gasteiger partial charge in [0.15, 0.2) is 0 Å². The number of nitrogens with zero attached hydrogens (tertiary/aromatic N) is 2. The fourth-order valence-electron chi connectivity index (χ4n) is 2.91. The average molecular weight is 367 g/mol. The van der Waals surface area contributed by atoms with Crippen molar-refractivity contribution in [3.05, 3.63) is 22.4 Å². The van der Waals surface area contributed by atoms with E-state index in [0.717, 1.165) is 45.6 Å². The van der Waals surface area contributed by atoms with Crippen molar-refractivity contribution in [1.82, 2.24) is 20.4 Å². The summed E-state index contributed by atoms with van der Waals surface area (Å²) in [6, 6.07) is 4.00. The molecule has 2 rings (SSSR count). The molecule has 140 valence electrons. The van der Waals surface area contributed by atoms with Crippen LogP contribution in [-0.2, 0) is 16.0 Å². The van der Waals surface area contributed by atoms with E-state index in [4.69, 9.17) is 0 Å². The van der Waals surface area contributed by atoms with Crippen LogP contribution in [0.15, 0.2) is 17.5 Å². The maximum absolute atomic E-state index is 12.3. The number of hydrogen-bond donors (Lipinski definition) is 2. The molecule has 0 saturated carbocycles. The summed E-state index contributed by atoms with van der Waals surface area (Å²) in [6.07, 6.45) is 1.84. The standard InChI is InChI=1S/C18H30N4O2S/c1-3-7-19-17(23)14-21-9-11-22(12-10-21)15(2)18(24)20-8-6-16-5-4-13-25-16/h4-5,13,15H,3,6-12,14H2,1-2H3,(H,19,23)(H,20,24). The molecule has 2 N–H and O–H groups in total. The SMILES string of the molecule is CCCNC(=O)CN1CCN(C(C)C(=O)NCCc2cccs2)CC1. The number of carbonyl (C=O) groups excluding carboxylic acids is 2. The number of hydrogen-bond acceptors (Lipinski definition) is 5. The van der Waals surface area contributed by atoms with Gasteiger partial charge in [-0.05, 0) is 31.2 Å². The van der Waals surface area contributed by atoms with Crippen LogP contribution in [0.5, 0.6) is 0 Å². The first-order chi connectivity index (χ1) is 12.1. The van der Waals surface area contributed by atoms with Gasteiger partial charge in [0.05, 0.1) is 12.6 Å². The Morgan fingerprint density at radius 3 is 2.60 bits per heavy atom. The third kappa shape index (κ3) is 6.76. The predicted octanol–water partition coefficient (Wildman–Crippen LogP) is 0.939. The minimum absolute atomic E-state index is 0.0886. The summed E-state index contributed by atoms with van der Waals surface area (Å²) < 4.78 is 0. The molecule has 6 nitrogen and oxygen atoms in total. The van der Waals surface area contributed by atoms with Gasteiger partial charge in [-0.2, -0.15) is 0 Å². The summed E-state index contributed by atoms with van der Waals surface area (Å²) in [7, 11) is 0. The molecular weight excluding hydrogens is 336 g/mol. The van der Waals surface area contributed by atoms with Crippen LogP contribution >= 0.6 is 11.3 Å². The second kappa shape index (κ2) is 10.5. The van der Waals surface area contributed by atoms with E-state index in [1.165, 1.54) is 4.88 Å². The highest BCUT2D eigenvalue weighted by molar-refractivity contribution is 7.09. The topological polar surface area (TPSA) is 64.7 Å². The van der Waals surface area contributed by atoms with E-state index < -0.39 is 0 Å². The van der Waals surface area contributed by atoms with E-state index >= 15 is 0 Å². The molecule has 7 heteroatoms. The van der Waals surface area contributed by atoms with Gasteiger partial charge in [0, 0.05) is 44.1 Å². The Bertz CT molecular complexity index is 527. The molecule has 0 bridgehead atoms. The lowest BCUT2D eigenvalue weighted by Crippen LogP contribution is -2.55. The van der Waals surface area contributed by atoms with Crippen molar-refractivity contribution >= 4 is 23.2 Å². The third-order valence-corrected chi connectivity index (χ3v) is 5.46. The minimum atomic E-state index is -0.126. The zero-order valence-corrected chi connectivity index (χ0v) is 16.1. The molecule has 2 heterocycles. The van der Waals surface area contributed by atoms with Crippen molar-refractivity contribution in [2.24, 2.45) is 0 Å². The predicted molar refractivity (Wildman–Crippen MR) is 102 cm³/mol. The highest BCUT2D eigenvalue weighted by atomic mass is 32.1. The first-order valence-corrected chi connectivity index (χ1v) is 10.0. The van der Waals surface area contributed by atoms with Gasteiger partial charge in [-0.15, -0.1) is 11.3 Å². The van der Waals surface area contributed by atoms with Crippen molar-refractivity contribution in [3.8, 4) is 0 Å². The highest BCUT2D eigenvalue weighted by Crippen LogP contribution is 2.09. The Morgan fingerprint density at radius 2 is 1.96 bits per heavy atom. The monoisotopic (exact) mass is 366 g/mol. The molecule has 1 aromatic rings. The first kappa shape index (κ1) is 19.9. The van der Waals surface area contributed by atoms with E-state index in [1.807, 2.05) is 19.9 Å². The van der Waals surface area contributed by atoms with Crippen molar-refractivity contribution in [1.29, 1.82) is 0 Å². The van der Waals surface area contributed by atoms with Crippen molar-refractivity contribution in [2.45, 2.75) is 32.7 Å². The molecule has 25 heavy (non-hydrogen) atoms. The van der Waals surface area contributed by atoms with E-state index in [0.29, 0.717) is 13.1 Å². The molecule has 1 unspecified atom stereocenters. The molecule has 1 aliphatic rings. The summed E-state index contributed by atoms with van der Waals surface area (Å²) in [5.74, 6) is 0.181. The number of nitrogens with one attached hydrogen (secondary N) is 2. The lowest BCUT2D eigenvalue weighted by molar-refractivity contribution is -0.127. The van der Waals surface area contributed by atoms with E-state index in [-0.39, 0.29) is 17.9 Å². The zero-order chi connectivity index (χ0) is 18.1. The summed E-state index contributed by atoms with van der Waals surface area (Å²) in [6.45, 7) is 9.17. The number of piperazine rings is 1. The molecule has 2 amide bonds. The van der Waals surface area contributed by atoms with Gasteiger partial charge in [0.2, 0.25) is 11.8 Å². The smallest absolute Gasteiger partial charge is 0.237 e. The van der Waals surface area contributed by atoms with Gasteiger partial charge < -0.3 is 10.6 Å². The lowest BCUT2D eigenvalue weighted by atomic mass is 10.2. The van der Waals surface area contributed by atoms with Crippen LogP contribution in [0.1, 0.15) is 25.1 Å². The maximum Gasteiger partial charge on any atom is 0.237 e. The van der Waals surface area contributed by atoms with Crippen molar-refractivity contribution in [3.63, 3.8) is 0 Å². The van der Waals surface area contributed by atoms with Gasteiger partial charge >= 0.3 is 0 Å². The summed E-state index contributed by atoms with van der Waals surface area (Å²) in [4.78, 5) is 29.7. The van der Waals surface area contributed by atoms with Gasteiger partial charge in [0.1, 0.15) is 0 Å². The van der Waals surface area contributed by atoms with Crippen LogP contribution in [-0.4, -0.2) is 73.5 Å². The van der Waals surface area contributed by atoms with Crippen LogP contribution < -0.4 is 10.6 Å². The Morgan fingerprint density at radius 1 is 1.20 bits per heavy atom. The first-order valence-electron chi connectivity index (χ1n) is 9.13. The number of rotatable bonds is 9.